The van der Waals surface area contributed by atoms with Crippen molar-refractivity contribution in [2.45, 2.75) is 51.5 Å². The highest BCUT2D eigenvalue weighted by Gasteiger charge is 2.29. The lowest BCUT2D eigenvalue weighted by Gasteiger charge is -2.35. The van der Waals surface area contributed by atoms with Crippen molar-refractivity contribution in [1.82, 2.24) is 0 Å². The number of nitrogens with one attached hydrogen (secondary N) is 1. The van der Waals surface area contributed by atoms with Gasteiger partial charge in [-0.3, -0.25) is 9.52 Å². The van der Waals surface area contributed by atoms with Gasteiger partial charge in [-0.25, -0.2) is 8.42 Å². The first-order valence-electron chi connectivity index (χ1n) is 10.2. The van der Waals surface area contributed by atoms with Crippen molar-refractivity contribution in [3.05, 3.63) is 54.1 Å². The van der Waals surface area contributed by atoms with E-state index in [0.29, 0.717) is 31.6 Å². The number of ether oxygens (including phenoxy) is 1. The van der Waals surface area contributed by atoms with E-state index in [1.54, 1.807) is 30.3 Å². The van der Waals surface area contributed by atoms with Crippen LogP contribution in [0.4, 0.5) is 11.4 Å². The molecule has 0 bridgehead atoms. The number of para-hydroxylation sites is 2. The molecular formula is C23H30N2O4S. The van der Waals surface area contributed by atoms with E-state index in [1.807, 2.05) is 45.9 Å². The molecule has 1 aliphatic rings. The van der Waals surface area contributed by atoms with E-state index in [0.717, 1.165) is 11.3 Å². The van der Waals surface area contributed by atoms with E-state index in [4.69, 9.17) is 4.74 Å². The van der Waals surface area contributed by atoms with Gasteiger partial charge in [-0.05, 0) is 52.0 Å². The van der Waals surface area contributed by atoms with Crippen LogP contribution in [-0.2, 0) is 19.6 Å². The van der Waals surface area contributed by atoms with E-state index in [-0.39, 0.29) is 17.0 Å². The van der Waals surface area contributed by atoms with Crippen molar-refractivity contribution in [2.24, 2.45) is 5.41 Å². The second kappa shape index (κ2) is 8.68. The molecule has 0 spiro atoms. The molecule has 0 saturated carbocycles. The summed E-state index contributed by atoms with van der Waals surface area (Å²) in [6, 6.07) is 14.2. The molecule has 0 atom stereocenters. The molecule has 1 aliphatic heterocycles. The number of esters is 1. The van der Waals surface area contributed by atoms with Crippen LogP contribution in [0, 0.1) is 12.3 Å². The van der Waals surface area contributed by atoms with Gasteiger partial charge in [0.1, 0.15) is 6.10 Å². The summed E-state index contributed by atoms with van der Waals surface area (Å²) in [4.78, 5) is 14.5. The van der Waals surface area contributed by atoms with Gasteiger partial charge in [-0.1, -0.05) is 29.8 Å². The number of sulfonamides is 1. The number of aryl methyl sites for hydroxylation is 1. The Bertz CT molecular complexity index is 987. The zero-order valence-corrected chi connectivity index (χ0v) is 18.8. The smallest absolute Gasteiger partial charge is 0.311 e. The SMILES string of the molecule is Cc1ccc(S(=O)(=O)Nc2ccccc2N2CCC(OC(=O)C(C)(C)C)CC2)cc1. The van der Waals surface area contributed by atoms with Crippen LogP contribution in [-0.4, -0.2) is 33.6 Å². The fourth-order valence-electron chi connectivity index (χ4n) is 3.30. The number of anilines is 2. The molecule has 2 aromatic rings. The molecular weight excluding hydrogens is 400 g/mol. The lowest BCUT2D eigenvalue weighted by Crippen LogP contribution is -2.39. The Morgan fingerprint density at radius 2 is 1.63 bits per heavy atom. The topological polar surface area (TPSA) is 75.7 Å². The maximum Gasteiger partial charge on any atom is 0.311 e. The Kier molecular flexibility index (Phi) is 6.41. The molecule has 1 N–H and O–H groups in total. The van der Waals surface area contributed by atoms with Gasteiger partial charge in [0.2, 0.25) is 0 Å². The third-order valence-corrected chi connectivity index (χ3v) is 6.53. The first-order valence-corrected chi connectivity index (χ1v) is 11.7. The Morgan fingerprint density at radius 3 is 2.23 bits per heavy atom. The van der Waals surface area contributed by atoms with Crippen molar-refractivity contribution in [3.63, 3.8) is 0 Å². The van der Waals surface area contributed by atoms with Crippen LogP contribution in [0.3, 0.4) is 0 Å². The molecule has 0 unspecified atom stereocenters. The molecule has 1 fully saturated rings. The summed E-state index contributed by atoms with van der Waals surface area (Å²) >= 11 is 0. The number of carbonyl (C=O) groups excluding carboxylic acids is 1. The monoisotopic (exact) mass is 430 g/mol. The zero-order valence-electron chi connectivity index (χ0n) is 18.0. The molecule has 1 saturated heterocycles. The first-order chi connectivity index (χ1) is 14.1. The molecule has 0 radical (unpaired) electrons. The number of hydrogen-bond acceptors (Lipinski definition) is 5. The van der Waals surface area contributed by atoms with E-state index in [1.165, 1.54) is 0 Å². The lowest BCUT2D eigenvalue weighted by molar-refractivity contribution is -0.159. The average Bonchev–Trinajstić information content (AvgIpc) is 2.68. The standard InChI is InChI=1S/C23H30N2O4S/c1-17-9-11-19(12-10-17)30(27,28)24-20-7-5-6-8-21(20)25-15-13-18(14-16-25)29-22(26)23(2,3)4/h5-12,18,24H,13-16H2,1-4H3. The molecule has 0 aliphatic carbocycles. The van der Waals surface area contributed by atoms with Crippen molar-refractivity contribution in [3.8, 4) is 0 Å². The minimum Gasteiger partial charge on any atom is -0.462 e. The van der Waals surface area contributed by atoms with E-state index in [9.17, 15) is 13.2 Å². The van der Waals surface area contributed by atoms with Crippen LogP contribution < -0.4 is 9.62 Å². The number of piperidine rings is 1. The van der Waals surface area contributed by atoms with Gasteiger partial charge in [-0.15, -0.1) is 0 Å². The number of carbonyl (C=O) groups is 1. The minimum atomic E-state index is -3.68. The third kappa shape index (κ3) is 5.33. The third-order valence-electron chi connectivity index (χ3n) is 5.15. The van der Waals surface area contributed by atoms with Crippen LogP contribution in [0.25, 0.3) is 0 Å². The van der Waals surface area contributed by atoms with Crippen LogP contribution in [0.2, 0.25) is 0 Å². The fourth-order valence-corrected chi connectivity index (χ4v) is 4.37. The molecule has 0 amide bonds. The summed E-state index contributed by atoms with van der Waals surface area (Å²) in [5.41, 5.74) is 1.86. The van der Waals surface area contributed by atoms with Gasteiger partial charge in [0, 0.05) is 25.9 Å². The molecule has 6 nitrogen and oxygen atoms in total. The predicted molar refractivity (Wildman–Crippen MR) is 119 cm³/mol. The Balaban J connectivity index is 1.70. The summed E-state index contributed by atoms with van der Waals surface area (Å²) in [7, 11) is -3.68. The lowest BCUT2D eigenvalue weighted by atomic mass is 9.97. The first kappa shape index (κ1) is 22.2. The summed E-state index contributed by atoms with van der Waals surface area (Å²) in [5.74, 6) is -0.188. The number of hydrogen-bond donors (Lipinski definition) is 1. The summed E-state index contributed by atoms with van der Waals surface area (Å²) in [6.07, 6.45) is 1.31. The van der Waals surface area contributed by atoms with Crippen LogP contribution in [0.1, 0.15) is 39.2 Å². The maximum absolute atomic E-state index is 12.8. The molecule has 30 heavy (non-hydrogen) atoms. The number of rotatable bonds is 5. The van der Waals surface area contributed by atoms with Gasteiger partial charge < -0.3 is 9.64 Å². The Labute approximate surface area is 179 Å². The van der Waals surface area contributed by atoms with E-state index >= 15 is 0 Å². The highest BCUT2D eigenvalue weighted by molar-refractivity contribution is 7.92. The van der Waals surface area contributed by atoms with Gasteiger partial charge in [0.25, 0.3) is 10.0 Å². The summed E-state index contributed by atoms with van der Waals surface area (Å²) in [6.45, 7) is 8.83. The highest BCUT2D eigenvalue weighted by atomic mass is 32.2. The predicted octanol–water partition coefficient (Wildman–Crippen LogP) is 4.35. The Morgan fingerprint density at radius 1 is 1.03 bits per heavy atom. The normalized spacial score (nSPS) is 15.7. The second-order valence-corrected chi connectivity index (χ2v) is 10.5. The Hall–Kier alpha value is -2.54. The molecule has 0 aromatic heterocycles. The fraction of sp³-hybridized carbons (Fsp3) is 0.435. The molecule has 162 valence electrons. The van der Waals surface area contributed by atoms with Gasteiger partial charge >= 0.3 is 5.97 Å². The van der Waals surface area contributed by atoms with Gasteiger partial charge in [0.15, 0.2) is 0 Å². The van der Waals surface area contributed by atoms with Crippen molar-refractivity contribution >= 4 is 27.4 Å². The van der Waals surface area contributed by atoms with E-state index in [2.05, 4.69) is 9.62 Å². The molecule has 1 heterocycles. The van der Waals surface area contributed by atoms with Crippen LogP contribution >= 0.6 is 0 Å². The van der Waals surface area contributed by atoms with Crippen molar-refractivity contribution < 1.29 is 17.9 Å². The number of nitrogens with zero attached hydrogens (tertiary/aromatic N) is 1. The zero-order chi connectivity index (χ0) is 21.9. The highest BCUT2D eigenvalue weighted by Crippen LogP contribution is 2.31. The average molecular weight is 431 g/mol. The van der Waals surface area contributed by atoms with Crippen molar-refractivity contribution in [1.29, 1.82) is 0 Å². The maximum atomic E-state index is 12.8. The largest absolute Gasteiger partial charge is 0.462 e. The second-order valence-electron chi connectivity index (χ2n) is 8.78. The van der Waals surface area contributed by atoms with Gasteiger partial charge in [-0.2, -0.15) is 0 Å². The summed E-state index contributed by atoms with van der Waals surface area (Å²) < 4.78 is 34.0. The molecule has 2 aromatic carbocycles. The summed E-state index contributed by atoms with van der Waals surface area (Å²) in [5, 5.41) is 0. The van der Waals surface area contributed by atoms with E-state index < -0.39 is 15.4 Å². The molecule has 7 heteroatoms. The number of benzene rings is 2. The van der Waals surface area contributed by atoms with Gasteiger partial charge in [0.05, 0.1) is 21.7 Å². The quantitative estimate of drug-likeness (QED) is 0.714. The van der Waals surface area contributed by atoms with Crippen molar-refractivity contribution in [2.75, 3.05) is 22.7 Å². The molecule has 3 rings (SSSR count). The van der Waals surface area contributed by atoms with Crippen LogP contribution in [0.15, 0.2) is 53.4 Å². The minimum absolute atomic E-state index is 0.107. The van der Waals surface area contributed by atoms with Crippen LogP contribution in [0.5, 0.6) is 0 Å².